The topological polar surface area (TPSA) is 81.4 Å². The number of carbonyl (C=O) groups is 2. The predicted molar refractivity (Wildman–Crippen MR) is 72.2 cm³/mol. The molecule has 1 amide bonds. The molecule has 0 aromatic heterocycles. The molecule has 3 N–H and O–H groups in total. The molecule has 104 valence electrons. The minimum absolute atomic E-state index is 0.133. The maximum absolute atomic E-state index is 11.7. The van der Waals surface area contributed by atoms with Gasteiger partial charge in [-0.2, -0.15) is 0 Å². The molecule has 5 nitrogen and oxygen atoms in total. The first-order valence-electron chi connectivity index (χ1n) is 6.31. The summed E-state index contributed by atoms with van der Waals surface area (Å²) in [6.07, 6.45) is 0.133. The van der Waals surface area contributed by atoms with Gasteiger partial charge in [0.05, 0.1) is 6.61 Å². The maximum atomic E-state index is 11.7. The third kappa shape index (κ3) is 5.09. The van der Waals surface area contributed by atoms with Crippen LogP contribution in [0.3, 0.4) is 0 Å². The van der Waals surface area contributed by atoms with Gasteiger partial charge in [-0.25, -0.2) is 4.79 Å². The number of carbonyl (C=O) groups excluding carboxylic acids is 2. The average Bonchev–Trinajstić information content (AvgIpc) is 2.39. The molecule has 0 bridgehead atoms. The molecule has 2 atom stereocenters. The van der Waals surface area contributed by atoms with Crippen LogP contribution in [0.2, 0.25) is 0 Å². The third-order valence-corrected chi connectivity index (χ3v) is 2.65. The van der Waals surface area contributed by atoms with E-state index < -0.39 is 12.0 Å². The molecule has 0 aliphatic rings. The van der Waals surface area contributed by atoms with Gasteiger partial charge in [-0.15, -0.1) is 0 Å². The van der Waals surface area contributed by atoms with Crippen LogP contribution >= 0.6 is 0 Å². The van der Waals surface area contributed by atoms with Crippen molar-refractivity contribution in [2.75, 3.05) is 6.61 Å². The fourth-order valence-electron chi connectivity index (χ4n) is 1.64. The van der Waals surface area contributed by atoms with E-state index in [2.05, 4.69) is 5.32 Å². The summed E-state index contributed by atoms with van der Waals surface area (Å²) in [5, 5.41) is 2.57. The summed E-state index contributed by atoms with van der Waals surface area (Å²) >= 11 is 0. The van der Waals surface area contributed by atoms with Crippen molar-refractivity contribution in [2.24, 2.45) is 5.73 Å². The first-order chi connectivity index (χ1) is 9.04. The van der Waals surface area contributed by atoms with Crippen LogP contribution in [0, 0.1) is 0 Å². The summed E-state index contributed by atoms with van der Waals surface area (Å²) < 4.78 is 4.81. The van der Waals surface area contributed by atoms with E-state index in [9.17, 15) is 9.59 Å². The van der Waals surface area contributed by atoms with Gasteiger partial charge in [0.25, 0.3) is 0 Å². The lowest BCUT2D eigenvalue weighted by Crippen LogP contribution is -2.40. The summed E-state index contributed by atoms with van der Waals surface area (Å²) in [5.74, 6) is -0.707. The van der Waals surface area contributed by atoms with E-state index in [0.717, 1.165) is 5.56 Å². The summed E-state index contributed by atoms with van der Waals surface area (Å²) in [4.78, 5) is 23.1. The minimum Gasteiger partial charge on any atom is -0.464 e. The van der Waals surface area contributed by atoms with Crippen LogP contribution in [0.25, 0.3) is 0 Å². The molecule has 0 radical (unpaired) electrons. The van der Waals surface area contributed by atoms with E-state index in [1.807, 2.05) is 30.3 Å². The molecule has 1 aromatic rings. The summed E-state index contributed by atoms with van der Waals surface area (Å²) in [5.41, 5.74) is 6.82. The minimum atomic E-state index is -0.657. The Balaban J connectivity index is 2.45. The van der Waals surface area contributed by atoms with Crippen LogP contribution in [0.5, 0.6) is 0 Å². The molecule has 0 fully saturated rings. The molecule has 0 saturated heterocycles. The van der Waals surface area contributed by atoms with Crippen molar-refractivity contribution in [2.45, 2.75) is 32.4 Å². The van der Waals surface area contributed by atoms with Crippen molar-refractivity contribution in [3.8, 4) is 0 Å². The fraction of sp³-hybridized carbons (Fsp3) is 0.429. The molecule has 1 rings (SSSR count). The Morgan fingerprint density at radius 2 is 1.95 bits per heavy atom. The van der Waals surface area contributed by atoms with E-state index in [1.54, 1.807) is 13.8 Å². The Labute approximate surface area is 113 Å². The van der Waals surface area contributed by atoms with Gasteiger partial charge in [-0.1, -0.05) is 30.3 Å². The monoisotopic (exact) mass is 264 g/mol. The van der Waals surface area contributed by atoms with Gasteiger partial charge in [0.1, 0.15) is 6.04 Å². The third-order valence-electron chi connectivity index (χ3n) is 2.65. The van der Waals surface area contributed by atoms with Gasteiger partial charge in [0.15, 0.2) is 0 Å². The Morgan fingerprint density at radius 3 is 2.53 bits per heavy atom. The van der Waals surface area contributed by atoms with Crippen LogP contribution in [0.1, 0.15) is 31.9 Å². The zero-order valence-corrected chi connectivity index (χ0v) is 11.3. The van der Waals surface area contributed by atoms with E-state index in [-0.39, 0.29) is 18.4 Å². The van der Waals surface area contributed by atoms with Crippen LogP contribution < -0.4 is 11.1 Å². The van der Waals surface area contributed by atoms with E-state index in [1.165, 1.54) is 0 Å². The summed E-state index contributed by atoms with van der Waals surface area (Å²) in [6.45, 7) is 3.60. The van der Waals surface area contributed by atoms with E-state index in [4.69, 9.17) is 10.5 Å². The lowest BCUT2D eigenvalue weighted by Gasteiger charge is -2.15. The number of ether oxygens (including phenoxy) is 1. The van der Waals surface area contributed by atoms with Crippen molar-refractivity contribution in [3.05, 3.63) is 35.9 Å². The van der Waals surface area contributed by atoms with Crippen LogP contribution in [0.15, 0.2) is 30.3 Å². The van der Waals surface area contributed by atoms with Gasteiger partial charge < -0.3 is 15.8 Å². The van der Waals surface area contributed by atoms with Crippen molar-refractivity contribution >= 4 is 11.9 Å². The van der Waals surface area contributed by atoms with Crippen molar-refractivity contribution in [1.29, 1.82) is 0 Å². The average molecular weight is 264 g/mol. The van der Waals surface area contributed by atoms with Crippen molar-refractivity contribution < 1.29 is 14.3 Å². The number of amides is 1. The largest absolute Gasteiger partial charge is 0.464 e. The molecule has 0 aliphatic heterocycles. The van der Waals surface area contributed by atoms with Gasteiger partial charge in [-0.3, -0.25) is 4.79 Å². The van der Waals surface area contributed by atoms with Gasteiger partial charge >= 0.3 is 5.97 Å². The molecule has 19 heavy (non-hydrogen) atoms. The number of nitrogens with two attached hydrogens (primary N) is 1. The lowest BCUT2D eigenvalue weighted by atomic mass is 10.0. The second kappa shape index (κ2) is 7.53. The Hall–Kier alpha value is -1.88. The number of nitrogens with one attached hydrogen (secondary N) is 1. The predicted octanol–water partition coefficient (Wildman–Crippen LogP) is 1.14. The highest BCUT2D eigenvalue weighted by atomic mass is 16.5. The number of hydrogen-bond donors (Lipinski definition) is 2. The molecule has 1 aromatic carbocycles. The van der Waals surface area contributed by atoms with Gasteiger partial charge in [0.2, 0.25) is 5.91 Å². The highest BCUT2D eigenvalue weighted by molar-refractivity contribution is 5.84. The van der Waals surface area contributed by atoms with E-state index in [0.29, 0.717) is 6.61 Å². The van der Waals surface area contributed by atoms with Crippen molar-refractivity contribution in [3.63, 3.8) is 0 Å². The molecular weight excluding hydrogens is 244 g/mol. The maximum Gasteiger partial charge on any atom is 0.328 e. The standard InChI is InChI=1S/C14H20N2O3/c1-3-19-14(18)10(2)16-13(17)9-12(15)11-7-5-4-6-8-11/h4-8,10,12H,3,9,15H2,1-2H3,(H,16,17). The zero-order chi connectivity index (χ0) is 14.3. The highest BCUT2D eigenvalue weighted by Gasteiger charge is 2.18. The second-order valence-electron chi connectivity index (χ2n) is 4.26. The van der Waals surface area contributed by atoms with Gasteiger partial charge in [-0.05, 0) is 19.4 Å². The first kappa shape index (κ1) is 15.2. The summed E-state index contributed by atoms with van der Waals surface area (Å²) in [6, 6.07) is 8.33. The lowest BCUT2D eigenvalue weighted by molar-refractivity contribution is -0.146. The molecule has 2 unspecified atom stereocenters. The molecule has 0 spiro atoms. The van der Waals surface area contributed by atoms with E-state index >= 15 is 0 Å². The highest BCUT2D eigenvalue weighted by Crippen LogP contribution is 2.12. The molecule has 0 heterocycles. The first-order valence-corrected chi connectivity index (χ1v) is 6.31. The number of esters is 1. The normalized spacial score (nSPS) is 13.4. The SMILES string of the molecule is CCOC(=O)C(C)NC(=O)CC(N)c1ccccc1. The molecule has 0 saturated carbocycles. The second-order valence-corrected chi connectivity index (χ2v) is 4.26. The Morgan fingerprint density at radius 1 is 1.32 bits per heavy atom. The molecule has 5 heteroatoms. The number of benzene rings is 1. The van der Waals surface area contributed by atoms with Crippen LogP contribution in [-0.4, -0.2) is 24.5 Å². The van der Waals surface area contributed by atoms with Gasteiger partial charge in [0, 0.05) is 12.5 Å². The summed E-state index contributed by atoms with van der Waals surface area (Å²) in [7, 11) is 0. The fourth-order valence-corrected chi connectivity index (χ4v) is 1.64. The molecular formula is C14H20N2O3. The quantitative estimate of drug-likeness (QED) is 0.755. The smallest absolute Gasteiger partial charge is 0.328 e. The van der Waals surface area contributed by atoms with Crippen molar-refractivity contribution in [1.82, 2.24) is 5.32 Å². The Kier molecular flexibility index (Phi) is 6.02. The number of hydrogen-bond acceptors (Lipinski definition) is 4. The number of rotatable bonds is 6. The van der Waals surface area contributed by atoms with Crippen LogP contribution in [-0.2, 0) is 14.3 Å². The van der Waals surface area contributed by atoms with Crippen LogP contribution in [0.4, 0.5) is 0 Å². The Bertz CT molecular complexity index is 420. The zero-order valence-electron chi connectivity index (χ0n) is 11.3. The molecule has 0 aliphatic carbocycles.